The van der Waals surface area contributed by atoms with Crippen molar-refractivity contribution in [3.8, 4) is 5.75 Å². The van der Waals surface area contributed by atoms with Crippen molar-refractivity contribution in [1.82, 2.24) is 5.32 Å². The molecule has 0 aliphatic heterocycles. The smallest absolute Gasteiger partial charge is 0.344 e. The van der Waals surface area contributed by atoms with Gasteiger partial charge in [0.1, 0.15) is 5.75 Å². The molecule has 6 heteroatoms. The molecule has 1 atom stereocenters. The molecule has 6 nitrogen and oxygen atoms in total. The van der Waals surface area contributed by atoms with E-state index in [-0.39, 0.29) is 18.3 Å². The van der Waals surface area contributed by atoms with Crippen LogP contribution in [-0.4, -0.2) is 30.4 Å². The van der Waals surface area contributed by atoms with Crippen LogP contribution in [0.1, 0.15) is 28.4 Å². The van der Waals surface area contributed by atoms with Crippen molar-refractivity contribution in [2.75, 3.05) is 6.61 Å². The first-order valence-electron chi connectivity index (χ1n) is 9.86. The van der Waals surface area contributed by atoms with Crippen LogP contribution in [0.4, 0.5) is 0 Å². The number of rotatable bonds is 9. The molecule has 1 unspecified atom stereocenters. The molecule has 0 saturated carbocycles. The second kappa shape index (κ2) is 10.7. The van der Waals surface area contributed by atoms with Gasteiger partial charge >= 0.3 is 5.97 Å². The third-order valence-corrected chi connectivity index (χ3v) is 4.50. The lowest BCUT2D eigenvalue weighted by atomic mass is 10.0. The lowest BCUT2D eigenvalue weighted by molar-refractivity contribution is -0.156. The highest BCUT2D eigenvalue weighted by Gasteiger charge is 2.18. The molecule has 3 rings (SSSR count). The molecule has 0 bridgehead atoms. The first-order chi connectivity index (χ1) is 15.0. The fourth-order valence-electron chi connectivity index (χ4n) is 2.81. The predicted octanol–water partition coefficient (Wildman–Crippen LogP) is 3.54. The molecule has 0 heterocycles. The molecule has 3 aromatic rings. The molecule has 0 spiro atoms. The second-order valence-corrected chi connectivity index (χ2v) is 6.84. The summed E-state index contributed by atoms with van der Waals surface area (Å²) in [4.78, 5) is 36.5. The minimum absolute atomic E-state index is 0.0955. The van der Waals surface area contributed by atoms with E-state index in [0.29, 0.717) is 23.4 Å². The normalized spacial score (nSPS) is 11.3. The standard InChI is InChI=1S/C25H23NO5/c1-18(25(29)26-16-19-8-4-2-5-9-19)31-23(27)17-30-22-14-12-21(13-15-22)24(28)20-10-6-3-7-11-20/h2-15,18H,16-17H2,1H3,(H,26,29). The Labute approximate surface area is 180 Å². The fourth-order valence-corrected chi connectivity index (χ4v) is 2.81. The van der Waals surface area contributed by atoms with E-state index in [0.717, 1.165) is 5.56 Å². The first-order valence-corrected chi connectivity index (χ1v) is 9.86. The van der Waals surface area contributed by atoms with Gasteiger partial charge in [0.25, 0.3) is 5.91 Å². The zero-order valence-electron chi connectivity index (χ0n) is 17.1. The Balaban J connectivity index is 1.43. The molecule has 1 N–H and O–H groups in total. The van der Waals surface area contributed by atoms with Gasteiger partial charge in [0, 0.05) is 17.7 Å². The van der Waals surface area contributed by atoms with Gasteiger partial charge in [0.15, 0.2) is 18.5 Å². The van der Waals surface area contributed by atoms with Gasteiger partial charge in [-0.1, -0.05) is 60.7 Å². The summed E-state index contributed by atoms with van der Waals surface area (Å²) in [6.07, 6.45) is -0.939. The Morgan fingerprint density at radius 3 is 2.03 bits per heavy atom. The number of benzene rings is 3. The van der Waals surface area contributed by atoms with Crippen LogP contribution in [0.5, 0.6) is 5.75 Å². The number of hydrogen-bond donors (Lipinski definition) is 1. The Morgan fingerprint density at radius 1 is 0.806 bits per heavy atom. The molecule has 158 valence electrons. The van der Waals surface area contributed by atoms with Crippen molar-refractivity contribution in [3.63, 3.8) is 0 Å². The molecule has 1 amide bonds. The van der Waals surface area contributed by atoms with Crippen LogP contribution in [0, 0.1) is 0 Å². The summed E-state index contributed by atoms with van der Waals surface area (Å²) in [5.41, 5.74) is 2.07. The minimum Gasteiger partial charge on any atom is -0.482 e. The number of ketones is 1. The summed E-state index contributed by atoms with van der Waals surface area (Å²) in [7, 11) is 0. The van der Waals surface area contributed by atoms with E-state index in [9.17, 15) is 14.4 Å². The highest BCUT2D eigenvalue weighted by atomic mass is 16.6. The van der Waals surface area contributed by atoms with Crippen LogP contribution in [0.3, 0.4) is 0 Å². The van der Waals surface area contributed by atoms with E-state index in [1.54, 1.807) is 48.5 Å². The number of esters is 1. The van der Waals surface area contributed by atoms with Gasteiger partial charge in [0.2, 0.25) is 0 Å². The quantitative estimate of drug-likeness (QED) is 0.425. The lowest BCUT2D eigenvalue weighted by Crippen LogP contribution is -2.36. The van der Waals surface area contributed by atoms with Crippen molar-refractivity contribution in [2.45, 2.75) is 19.6 Å². The summed E-state index contributed by atoms with van der Waals surface area (Å²) in [5, 5.41) is 2.72. The van der Waals surface area contributed by atoms with Crippen molar-refractivity contribution in [3.05, 3.63) is 102 Å². The van der Waals surface area contributed by atoms with E-state index in [2.05, 4.69) is 5.32 Å². The molecule has 0 aliphatic rings. The molecule has 0 radical (unpaired) electrons. The molecule has 0 aromatic heterocycles. The first kappa shape index (κ1) is 21.8. The average molecular weight is 417 g/mol. The van der Waals surface area contributed by atoms with Crippen LogP contribution in [0.25, 0.3) is 0 Å². The van der Waals surface area contributed by atoms with Gasteiger partial charge in [-0.15, -0.1) is 0 Å². The van der Waals surface area contributed by atoms with Gasteiger partial charge in [-0.05, 0) is 36.8 Å². The molecule has 0 saturated heterocycles. The number of carbonyl (C=O) groups is 3. The number of carbonyl (C=O) groups excluding carboxylic acids is 3. The third kappa shape index (κ3) is 6.54. The molecule has 3 aromatic carbocycles. The van der Waals surface area contributed by atoms with Crippen molar-refractivity contribution in [2.24, 2.45) is 0 Å². The maximum Gasteiger partial charge on any atom is 0.344 e. The molecular weight excluding hydrogens is 394 g/mol. The van der Waals surface area contributed by atoms with Crippen LogP contribution in [-0.2, 0) is 20.9 Å². The summed E-state index contributed by atoms with van der Waals surface area (Å²) in [6, 6.07) is 24.9. The largest absolute Gasteiger partial charge is 0.482 e. The summed E-state index contributed by atoms with van der Waals surface area (Å²) >= 11 is 0. The molecular formula is C25H23NO5. The zero-order chi connectivity index (χ0) is 22.1. The van der Waals surface area contributed by atoms with Crippen LogP contribution in [0.2, 0.25) is 0 Å². The number of hydrogen-bond acceptors (Lipinski definition) is 5. The molecule has 31 heavy (non-hydrogen) atoms. The topological polar surface area (TPSA) is 81.7 Å². The number of amides is 1. The van der Waals surface area contributed by atoms with E-state index in [4.69, 9.17) is 9.47 Å². The van der Waals surface area contributed by atoms with Gasteiger partial charge in [-0.3, -0.25) is 9.59 Å². The zero-order valence-corrected chi connectivity index (χ0v) is 17.1. The molecule has 0 fully saturated rings. The van der Waals surface area contributed by atoms with Crippen LogP contribution >= 0.6 is 0 Å². The monoisotopic (exact) mass is 417 g/mol. The Kier molecular flexibility index (Phi) is 7.54. The van der Waals surface area contributed by atoms with Crippen molar-refractivity contribution >= 4 is 17.7 Å². The van der Waals surface area contributed by atoms with Gasteiger partial charge < -0.3 is 14.8 Å². The lowest BCUT2D eigenvalue weighted by Gasteiger charge is -2.14. The summed E-state index contributed by atoms with van der Waals surface area (Å²) < 4.78 is 10.5. The summed E-state index contributed by atoms with van der Waals surface area (Å²) in [5.74, 6) is -0.725. The highest BCUT2D eigenvalue weighted by molar-refractivity contribution is 6.09. The minimum atomic E-state index is -0.939. The fraction of sp³-hybridized carbons (Fsp3) is 0.160. The SMILES string of the molecule is CC(OC(=O)COc1ccc(C(=O)c2ccccc2)cc1)C(=O)NCc1ccccc1. The Morgan fingerprint density at radius 2 is 1.39 bits per heavy atom. The highest BCUT2D eigenvalue weighted by Crippen LogP contribution is 2.15. The van der Waals surface area contributed by atoms with E-state index in [1.165, 1.54) is 6.92 Å². The van der Waals surface area contributed by atoms with Crippen LogP contribution < -0.4 is 10.1 Å². The molecule has 0 aliphatic carbocycles. The third-order valence-electron chi connectivity index (χ3n) is 4.50. The van der Waals surface area contributed by atoms with Gasteiger partial charge in [-0.25, -0.2) is 4.79 Å². The number of nitrogens with one attached hydrogen (secondary N) is 1. The summed E-state index contributed by atoms with van der Waals surface area (Å²) in [6.45, 7) is 1.51. The van der Waals surface area contributed by atoms with Crippen molar-refractivity contribution in [1.29, 1.82) is 0 Å². The van der Waals surface area contributed by atoms with E-state index in [1.807, 2.05) is 36.4 Å². The number of ether oxygens (including phenoxy) is 2. The Hall–Kier alpha value is -3.93. The average Bonchev–Trinajstić information content (AvgIpc) is 2.82. The second-order valence-electron chi connectivity index (χ2n) is 6.84. The van der Waals surface area contributed by atoms with E-state index < -0.39 is 12.1 Å². The predicted molar refractivity (Wildman–Crippen MR) is 116 cm³/mol. The maximum atomic E-state index is 12.4. The van der Waals surface area contributed by atoms with Gasteiger partial charge in [-0.2, -0.15) is 0 Å². The van der Waals surface area contributed by atoms with Gasteiger partial charge in [0.05, 0.1) is 0 Å². The van der Waals surface area contributed by atoms with E-state index >= 15 is 0 Å². The van der Waals surface area contributed by atoms with Crippen LogP contribution in [0.15, 0.2) is 84.9 Å². The Bertz CT molecular complexity index is 1020. The van der Waals surface area contributed by atoms with Crippen molar-refractivity contribution < 1.29 is 23.9 Å². The maximum absolute atomic E-state index is 12.4.